The van der Waals surface area contributed by atoms with E-state index in [0.29, 0.717) is 22.6 Å². The van der Waals surface area contributed by atoms with Gasteiger partial charge in [0.25, 0.3) is 0 Å². The van der Waals surface area contributed by atoms with Crippen LogP contribution in [0.2, 0.25) is 0 Å². The third-order valence-electron chi connectivity index (χ3n) is 3.08. The van der Waals surface area contributed by atoms with Crippen LogP contribution >= 0.6 is 0 Å². The van der Waals surface area contributed by atoms with Crippen LogP contribution in [0.4, 0.5) is 4.39 Å². The van der Waals surface area contributed by atoms with Gasteiger partial charge in [0.1, 0.15) is 30.1 Å². The molecule has 0 aliphatic heterocycles. The van der Waals surface area contributed by atoms with Crippen LogP contribution in [0.25, 0.3) is 6.08 Å². The molecular formula is C18H13FN2O2. The van der Waals surface area contributed by atoms with Crippen LogP contribution < -0.4 is 9.47 Å². The Bertz CT molecular complexity index is 801. The van der Waals surface area contributed by atoms with Crippen LogP contribution in [-0.4, -0.2) is 7.11 Å². The van der Waals surface area contributed by atoms with E-state index in [4.69, 9.17) is 20.0 Å². The van der Waals surface area contributed by atoms with Crippen molar-refractivity contribution in [2.75, 3.05) is 7.11 Å². The molecule has 0 saturated carbocycles. The summed E-state index contributed by atoms with van der Waals surface area (Å²) < 4.78 is 24.5. The van der Waals surface area contributed by atoms with Gasteiger partial charge >= 0.3 is 0 Å². The molecule has 0 heterocycles. The first-order valence-electron chi connectivity index (χ1n) is 6.74. The Labute approximate surface area is 133 Å². The van der Waals surface area contributed by atoms with Crippen molar-refractivity contribution in [1.29, 1.82) is 10.5 Å². The Morgan fingerprint density at radius 1 is 1.13 bits per heavy atom. The molecule has 0 aliphatic carbocycles. The van der Waals surface area contributed by atoms with Crippen LogP contribution in [0.1, 0.15) is 11.1 Å². The summed E-state index contributed by atoms with van der Waals surface area (Å²) in [6.45, 7) is 0.0412. The Kier molecular flexibility index (Phi) is 5.33. The zero-order chi connectivity index (χ0) is 16.7. The Hall–Kier alpha value is -3.31. The predicted octanol–water partition coefficient (Wildman–Crippen LogP) is 3.84. The summed E-state index contributed by atoms with van der Waals surface area (Å²) in [6, 6.07) is 14.9. The summed E-state index contributed by atoms with van der Waals surface area (Å²) in [5, 5.41) is 17.6. The van der Waals surface area contributed by atoms with Gasteiger partial charge in [0.2, 0.25) is 0 Å². The van der Waals surface area contributed by atoms with E-state index >= 15 is 0 Å². The summed E-state index contributed by atoms with van der Waals surface area (Å²) in [4.78, 5) is 0. The van der Waals surface area contributed by atoms with Crippen LogP contribution in [0.15, 0.2) is 48.0 Å². The van der Waals surface area contributed by atoms with Crippen molar-refractivity contribution in [3.05, 3.63) is 65.0 Å². The minimum Gasteiger partial charge on any atom is -0.493 e. The topological polar surface area (TPSA) is 66.0 Å². The van der Waals surface area contributed by atoms with Crippen molar-refractivity contribution in [2.24, 2.45) is 0 Å². The Morgan fingerprint density at radius 3 is 2.52 bits per heavy atom. The summed E-state index contributed by atoms with van der Waals surface area (Å²) in [7, 11) is 1.50. The third-order valence-corrected chi connectivity index (χ3v) is 3.08. The first-order chi connectivity index (χ1) is 11.2. The zero-order valence-electron chi connectivity index (χ0n) is 12.4. The number of rotatable bonds is 5. The lowest BCUT2D eigenvalue weighted by molar-refractivity contribution is 0.279. The molecule has 0 saturated heterocycles. The molecule has 114 valence electrons. The number of nitriles is 2. The van der Waals surface area contributed by atoms with Crippen LogP contribution in [-0.2, 0) is 6.61 Å². The first kappa shape index (κ1) is 16.1. The lowest BCUT2D eigenvalue weighted by Crippen LogP contribution is -2.00. The summed E-state index contributed by atoms with van der Waals surface area (Å²) in [5.74, 6) is 0.535. The second kappa shape index (κ2) is 7.63. The van der Waals surface area contributed by atoms with Crippen molar-refractivity contribution in [3.8, 4) is 23.6 Å². The maximum atomic E-state index is 13.6. The highest BCUT2D eigenvalue weighted by Gasteiger charge is 2.08. The lowest BCUT2D eigenvalue weighted by Gasteiger charge is -2.12. The predicted molar refractivity (Wildman–Crippen MR) is 82.9 cm³/mol. The van der Waals surface area contributed by atoms with Gasteiger partial charge in [-0.1, -0.05) is 24.3 Å². The number of benzene rings is 2. The molecule has 0 bridgehead atoms. The highest BCUT2D eigenvalue weighted by molar-refractivity contribution is 5.64. The normalized spacial score (nSPS) is 9.39. The fourth-order valence-electron chi connectivity index (χ4n) is 1.92. The monoisotopic (exact) mass is 308 g/mol. The van der Waals surface area contributed by atoms with Gasteiger partial charge in [0.15, 0.2) is 11.5 Å². The molecule has 0 radical (unpaired) electrons. The van der Waals surface area contributed by atoms with Crippen molar-refractivity contribution in [3.63, 3.8) is 0 Å². The van der Waals surface area contributed by atoms with E-state index in [-0.39, 0.29) is 18.0 Å². The molecule has 4 nitrogen and oxygen atoms in total. The summed E-state index contributed by atoms with van der Waals surface area (Å²) in [5.41, 5.74) is 1.02. The van der Waals surface area contributed by atoms with Crippen LogP contribution in [0.5, 0.6) is 11.5 Å². The molecule has 0 aliphatic rings. The van der Waals surface area contributed by atoms with E-state index in [1.54, 1.807) is 48.5 Å². The molecule has 2 rings (SSSR count). The van der Waals surface area contributed by atoms with Gasteiger partial charge in [-0.15, -0.1) is 0 Å². The van der Waals surface area contributed by atoms with Crippen molar-refractivity contribution in [1.82, 2.24) is 0 Å². The molecular weight excluding hydrogens is 295 g/mol. The zero-order valence-corrected chi connectivity index (χ0v) is 12.4. The molecule has 0 spiro atoms. The third kappa shape index (κ3) is 4.09. The molecule has 0 N–H and O–H groups in total. The van der Waals surface area contributed by atoms with E-state index in [1.807, 2.05) is 0 Å². The molecule has 5 heteroatoms. The number of hydrogen-bond donors (Lipinski definition) is 0. The van der Waals surface area contributed by atoms with Crippen molar-refractivity contribution >= 4 is 6.08 Å². The summed E-state index contributed by atoms with van der Waals surface area (Å²) in [6.07, 6.45) is 1.44. The van der Waals surface area contributed by atoms with E-state index in [0.717, 1.165) is 0 Å². The number of hydrogen-bond acceptors (Lipinski definition) is 4. The largest absolute Gasteiger partial charge is 0.493 e. The fourth-order valence-corrected chi connectivity index (χ4v) is 1.92. The average molecular weight is 308 g/mol. The van der Waals surface area contributed by atoms with Gasteiger partial charge in [-0.25, -0.2) is 4.39 Å². The molecule has 0 atom stereocenters. The van der Waals surface area contributed by atoms with Crippen LogP contribution in [0, 0.1) is 28.5 Å². The number of ether oxygens (including phenoxy) is 2. The molecule has 2 aromatic rings. The van der Waals surface area contributed by atoms with Gasteiger partial charge in [-0.2, -0.15) is 10.5 Å². The molecule has 0 aromatic heterocycles. The highest BCUT2D eigenvalue weighted by atomic mass is 19.1. The number of allylic oxidation sites excluding steroid dienone is 1. The number of halogens is 1. The first-order valence-corrected chi connectivity index (χ1v) is 6.74. The number of nitrogens with zero attached hydrogens (tertiary/aromatic N) is 2. The van der Waals surface area contributed by atoms with Gasteiger partial charge in [-0.3, -0.25) is 0 Å². The van der Waals surface area contributed by atoms with E-state index in [2.05, 4.69) is 0 Å². The second-order valence-corrected chi connectivity index (χ2v) is 4.57. The van der Waals surface area contributed by atoms with Crippen LogP contribution in [0.3, 0.4) is 0 Å². The summed E-state index contributed by atoms with van der Waals surface area (Å²) >= 11 is 0. The Morgan fingerprint density at radius 2 is 1.87 bits per heavy atom. The SMILES string of the molecule is COc1ccc(C=C(C#N)C#N)cc1OCc1ccccc1F. The second-order valence-electron chi connectivity index (χ2n) is 4.57. The van der Waals surface area contributed by atoms with Crippen molar-refractivity contribution in [2.45, 2.75) is 6.61 Å². The fraction of sp³-hybridized carbons (Fsp3) is 0.111. The molecule has 0 fully saturated rings. The quantitative estimate of drug-likeness (QED) is 0.787. The average Bonchev–Trinajstić information content (AvgIpc) is 2.59. The number of methoxy groups -OCH3 is 1. The van der Waals surface area contributed by atoms with Gasteiger partial charge in [-0.05, 0) is 29.8 Å². The molecule has 2 aromatic carbocycles. The van der Waals surface area contributed by atoms with Gasteiger partial charge in [0, 0.05) is 5.56 Å². The minimum atomic E-state index is -0.348. The standard InChI is InChI=1S/C18H13FN2O2/c1-22-17-7-6-13(8-14(10-20)11-21)9-18(17)23-12-15-4-2-3-5-16(15)19/h2-9H,12H2,1H3. The van der Waals surface area contributed by atoms with Gasteiger partial charge in [0.05, 0.1) is 7.11 Å². The maximum Gasteiger partial charge on any atom is 0.162 e. The smallest absolute Gasteiger partial charge is 0.162 e. The van der Waals surface area contributed by atoms with Gasteiger partial charge < -0.3 is 9.47 Å². The minimum absolute atomic E-state index is 0.0183. The molecule has 0 amide bonds. The molecule has 23 heavy (non-hydrogen) atoms. The van der Waals surface area contributed by atoms with E-state index < -0.39 is 0 Å². The lowest BCUT2D eigenvalue weighted by atomic mass is 10.1. The highest BCUT2D eigenvalue weighted by Crippen LogP contribution is 2.29. The Balaban J connectivity index is 2.27. The van der Waals surface area contributed by atoms with E-state index in [9.17, 15) is 4.39 Å². The van der Waals surface area contributed by atoms with Crippen molar-refractivity contribution < 1.29 is 13.9 Å². The maximum absolute atomic E-state index is 13.6. The molecule has 0 unspecified atom stereocenters. The van der Waals surface area contributed by atoms with E-state index in [1.165, 1.54) is 19.3 Å².